The van der Waals surface area contributed by atoms with E-state index in [1.54, 1.807) is 0 Å². The van der Waals surface area contributed by atoms with Crippen molar-refractivity contribution < 1.29 is 9.90 Å². The zero-order valence-corrected chi connectivity index (χ0v) is 11.0. The number of amides is 1. The van der Waals surface area contributed by atoms with Gasteiger partial charge < -0.3 is 15.7 Å². The van der Waals surface area contributed by atoms with Crippen molar-refractivity contribution in [3.63, 3.8) is 0 Å². The highest BCUT2D eigenvalue weighted by Gasteiger charge is 2.31. The van der Waals surface area contributed by atoms with Crippen LogP contribution in [0, 0.1) is 0 Å². The Hall–Kier alpha value is -1.39. The van der Waals surface area contributed by atoms with E-state index in [0.29, 0.717) is 12.1 Å². The lowest BCUT2D eigenvalue weighted by Gasteiger charge is -2.22. The van der Waals surface area contributed by atoms with Crippen LogP contribution < -0.4 is 10.6 Å². The molecule has 1 aliphatic carbocycles. The molecule has 0 atom stereocenters. The summed E-state index contributed by atoms with van der Waals surface area (Å²) in [6.07, 6.45) is 3.69. The smallest absolute Gasteiger partial charge is 0.251 e. The highest BCUT2D eigenvalue weighted by molar-refractivity contribution is 5.94. The molecular formula is C15H20N2O2. The van der Waals surface area contributed by atoms with Crippen molar-refractivity contribution in [3.8, 4) is 0 Å². The van der Waals surface area contributed by atoms with Gasteiger partial charge in [0.1, 0.15) is 0 Å². The van der Waals surface area contributed by atoms with Crippen molar-refractivity contribution in [2.75, 3.05) is 6.54 Å². The Kier molecular flexibility index (Phi) is 3.29. The minimum absolute atomic E-state index is 0.0879. The lowest BCUT2D eigenvalue weighted by atomic mass is 10.0. The molecule has 1 aromatic rings. The molecule has 0 radical (unpaired) electrons. The molecule has 1 fully saturated rings. The minimum atomic E-state index is -0.687. The lowest BCUT2D eigenvalue weighted by molar-refractivity contribution is 0.0449. The molecule has 2 aliphatic rings. The predicted molar refractivity (Wildman–Crippen MR) is 72.7 cm³/mol. The summed E-state index contributed by atoms with van der Waals surface area (Å²) in [5.74, 6) is -0.0879. The van der Waals surface area contributed by atoms with Crippen LogP contribution in [0.4, 0.5) is 0 Å². The average Bonchev–Trinajstić information content (AvgIpc) is 3.04. The highest BCUT2D eigenvalue weighted by atomic mass is 16.3. The molecule has 0 unspecified atom stereocenters. The van der Waals surface area contributed by atoms with Crippen molar-refractivity contribution in [3.05, 3.63) is 34.9 Å². The van der Waals surface area contributed by atoms with Gasteiger partial charge in [-0.1, -0.05) is 18.9 Å². The number of aliphatic hydroxyl groups is 1. The van der Waals surface area contributed by atoms with Gasteiger partial charge in [0.2, 0.25) is 0 Å². The summed E-state index contributed by atoms with van der Waals surface area (Å²) in [6.45, 7) is 2.08. The van der Waals surface area contributed by atoms with E-state index in [0.717, 1.165) is 38.8 Å². The topological polar surface area (TPSA) is 61.4 Å². The number of hydrogen-bond acceptors (Lipinski definition) is 3. The van der Waals surface area contributed by atoms with E-state index in [4.69, 9.17) is 0 Å². The quantitative estimate of drug-likeness (QED) is 0.768. The van der Waals surface area contributed by atoms with E-state index >= 15 is 0 Å². The number of benzene rings is 1. The molecule has 3 N–H and O–H groups in total. The van der Waals surface area contributed by atoms with Crippen LogP contribution in [0.5, 0.6) is 0 Å². The third kappa shape index (κ3) is 2.65. The monoisotopic (exact) mass is 260 g/mol. The molecule has 4 heteroatoms. The molecule has 1 saturated carbocycles. The Morgan fingerprint density at radius 3 is 2.79 bits per heavy atom. The van der Waals surface area contributed by atoms with Crippen molar-refractivity contribution >= 4 is 5.91 Å². The van der Waals surface area contributed by atoms with Crippen LogP contribution >= 0.6 is 0 Å². The number of fused-ring (bicyclic) bond motifs is 1. The number of nitrogens with one attached hydrogen (secondary N) is 2. The Bertz CT molecular complexity index is 493. The SMILES string of the molecule is O=C(NCC1(O)CCCC1)c1ccc2c(c1)CNC2. The van der Waals surface area contributed by atoms with Crippen LogP contribution in [0.25, 0.3) is 0 Å². The van der Waals surface area contributed by atoms with Gasteiger partial charge in [-0.05, 0) is 36.1 Å². The molecule has 0 saturated heterocycles. The molecule has 3 rings (SSSR count). The van der Waals surface area contributed by atoms with E-state index in [9.17, 15) is 9.90 Å². The molecule has 1 amide bonds. The number of carbonyl (C=O) groups is 1. The summed E-state index contributed by atoms with van der Waals surface area (Å²) < 4.78 is 0. The van der Waals surface area contributed by atoms with Crippen molar-refractivity contribution in [1.82, 2.24) is 10.6 Å². The number of carbonyl (C=O) groups excluding carboxylic acids is 1. The molecule has 0 spiro atoms. The molecular weight excluding hydrogens is 240 g/mol. The van der Waals surface area contributed by atoms with Gasteiger partial charge in [0, 0.05) is 25.2 Å². The fourth-order valence-corrected chi connectivity index (χ4v) is 2.99. The standard InChI is InChI=1S/C15H20N2O2/c18-14(17-10-15(19)5-1-2-6-15)11-3-4-12-8-16-9-13(12)7-11/h3-4,7,16,19H,1-2,5-6,8-10H2,(H,17,18). The normalized spacial score (nSPS) is 20.3. The largest absolute Gasteiger partial charge is 0.388 e. The van der Waals surface area contributed by atoms with Gasteiger partial charge in [0.15, 0.2) is 0 Å². The maximum Gasteiger partial charge on any atom is 0.251 e. The van der Waals surface area contributed by atoms with Crippen LogP contribution in [0.1, 0.15) is 47.2 Å². The predicted octanol–water partition coefficient (Wildman–Crippen LogP) is 1.32. The van der Waals surface area contributed by atoms with Crippen molar-refractivity contribution in [1.29, 1.82) is 0 Å². The van der Waals surface area contributed by atoms with Gasteiger partial charge in [0.05, 0.1) is 5.60 Å². The molecule has 4 nitrogen and oxygen atoms in total. The second-order valence-corrected chi connectivity index (χ2v) is 5.70. The van der Waals surface area contributed by atoms with Gasteiger partial charge in [-0.3, -0.25) is 4.79 Å². The summed E-state index contributed by atoms with van der Waals surface area (Å²) in [7, 11) is 0. The summed E-state index contributed by atoms with van der Waals surface area (Å²) >= 11 is 0. The first-order valence-corrected chi connectivity index (χ1v) is 6.99. The van der Waals surface area contributed by atoms with Gasteiger partial charge in [-0.15, -0.1) is 0 Å². The molecule has 0 bridgehead atoms. The lowest BCUT2D eigenvalue weighted by Crippen LogP contribution is -2.40. The number of rotatable bonds is 3. The van der Waals surface area contributed by atoms with E-state index in [1.165, 1.54) is 11.1 Å². The molecule has 1 aliphatic heterocycles. The maximum absolute atomic E-state index is 12.1. The zero-order chi connectivity index (χ0) is 13.3. The highest BCUT2D eigenvalue weighted by Crippen LogP contribution is 2.28. The molecule has 102 valence electrons. The fraction of sp³-hybridized carbons (Fsp3) is 0.533. The summed E-state index contributed by atoms with van der Waals surface area (Å²) in [5, 5.41) is 16.3. The summed E-state index contributed by atoms with van der Waals surface area (Å²) in [5.41, 5.74) is 2.47. The minimum Gasteiger partial charge on any atom is -0.388 e. The Morgan fingerprint density at radius 2 is 2.00 bits per heavy atom. The van der Waals surface area contributed by atoms with Crippen LogP contribution in [-0.2, 0) is 13.1 Å². The first kappa shape index (κ1) is 12.6. The van der Waals surface area contributed by atoms with E-state index in [1.807, 2.05) is 18.2 Å². The van der Waals surface area contributed by atoms with Crippen LogP contribution in [-0.4, -0.2) is 23.2 Å². The van der Waals surface area contributed by atoms with Crippen LogP contribution in [0.15, 0.2) is 18.2 Å². The van der Waals surface area contributed by atoms with Gasteiger partial charge in [0.25, 0.3) is 5.91 Å². The summed E-state index contributed by atoms with van der Waals surface area (Å²) in [6, 6.07) is 5.82. The van der Waals surface area contributed by atoms with E-state index < -0.39 is 5.60 Å². The van der Waals surface area contributed by atoms with Crippen LogP contribution in [0.3, 0.4) is 0 Å². The second kappa shape index (κ2) is 4.94. The van der Waals surface area contributed by atoms with Crippen LogP contribution in [0.2, 0.25) is 0 Å². The van der Waals surface area contributed by atoms with Gasteiger partial charge >= 0.3 is 0 Å². The Labute approximate surface area is 113 Å². The first-order valence-electron chi connectivity index (χ1n) is 6.99. The van der Waals surface area contributed by atoms with Gasteiger partial charge in [-0.25, -0.2) is 0 Å². The fourth-order valence-electron chi connectivity index (χ4n) is 2.99. The molecule has 19 heavy (non-hydrogen) atoms. The molecule has 1 heterocycles. The second-order valence-electron chi connectivity index (χ2n) is 5.70. The number of hydrogen-bond donors (Lipinski definition) is 3. The van der Waals surface area contributed by atoms with Gasteiger partial charge in [-0.2, -0.15) is 0 Å². The van der Waals surface area contributed by atoms with Crippen molar-refractivity contribution in [2.45, 2.75) is 44.4 Å². The van der Waals surface area contributed by atoms with E-state index in [-0.39, 0.29) is 5.91 Å². The molecule has 1 aromatic carbocycles. The Morgan fingerprint density at radius 1 is 1.26 bits per heavy atom. The van der Waals surface area contributed by atoms with Crippen molar-refractivity contribution in [2.24, 2.45) is 0 Å². The third-order valence-corrected chi connectivity index (χ3v) is 4.21. The molecule has 0 aromatic heterocycles. The Balaban J connectivity index is 1.64. The average molecular weight is 260 g/mol. The first-order chi connectivity index (χ1) is 9.16. The third-order valence-electron chi connectivity index (χ3n) is 4.21. The van der Waals surface area contributed by atoms with E-state index in [2.05, 4.69) is 10.6 Å². The summed E-state index contributed by atoms with van der Waals surface area (Å²) in [4.78, 5) is 12.1. The zero-order valence-electron chi connectivity index (χ0n) is 11.0. The maximum atomic E-state index is 12.1.